The topological polar surface area (TPSA) is 0 Å². The van der Waals surface area contributed by atoms with Gasteiger partial charge in [-0.25, -0.2) is 0 Å². The van der Waals surface area contributed by atoms with Gasteiger partial charge < -0.3 is 0 Å². The minimum Gasteiger partial charge on any atom is -0.0622 e. The summed E-state index contributed by atoms with van der Waals surface area (Å²) in [7, 11) is 0.772. The molecular formula is C12H17S+. The maximum atomic E-state index is 2.25. The Labute approximate surface area is 83.7 Å². The van der Waals surface area contributed by atoms with Gasteiger partial charge in [-0.2, -0.15) is 0 Å². The summed E-state index contributed by atoms with van der Waals surface area (Å²) in [5, 5.41) is 0. The van der Waals surface area contributed by atoms with Crippen LogP contribution in [0.5, 0.6) is 0 Å². The van der Waals surface area contributed by atoms with Crippen molar-refractivity contribution in [2.75, 3.05) is 17.3 Å². The van der Waals surface area contributed by atoms with Crippen LogP contribution in [-0.2, 0) is 17.3 Å². The van der Waals surface area contributed by atoms with E-state index in [1.807, 2.05) is 0 Å². The molecule has 0 radical (unpaired) electrons. The van der Waals surface area contributed by atoms with Crippen LogP contribution in [-0.4, -0.2) is 17.3 Å². The van der Waals surface area contributed by atoms with Crippen LogP contribution in [0.25, 0.3) is 0 Å². The number of aryl methyl sites for hydroxylation is 1. The molecule has 0 spiro atoms. The van der Waals surface area contributed by atoms with Crippen LogP contribution in [0.2, 0.25) is 0 Å². The Bertz CT molecular complexity index is 237. The number of benzene rings is 1. The monoisotopic (exact) mass is 193 g/mol. The van der Waals surface area contributed by atoms with Gasteiger partial charge in [0.15, 0.2) is 0 Å². The smallest absolute Gasteiger partial charge is 0.0622 e. The highest BCUT2D eigenvalue weighted by Crippen LogP contribution is 2.14. The third kappa shape index (κ3) is 2.77. The van der Waals surface area contributed by atoms with Crippen molar-refractivity contribution in [2.24, 2.45) is 0 Å². The zero-order valence-corrected chi connectivity index (χ0v) is 8.85. The second kappa shape index (κ2) is 4.71. The van der Waals surface area contributed by atoms with Gasteiger partial charge in [-0.1, -0.05) is 30.3 Å². The molecule has 13 heavy (non-hydrogen) atoms. The third-order valence-corrected chi connectivity index (χ3v) is 5.15. The molecule has 0 atom stereocenters. The molecule has 0 bridgehead atoms. The molecule has 0 unspecified atom stereocenters. The SMILES string of the molecule is c1ccc(CC[S+]2CCCC2)cc1. The maximum Gasteiger partial charge on any atom is 0.112 e. The fourth-order valence-electron chi connectivity index (χ4n) is 1.83. The van der Waals surface area contributed by atoms with Gasteiger partial charge in [-0.15, -0.1) is 0 Å². The fraction of sp³-hybridized carbons (Fsp3) is 0.500. The summed E-state index contributed by atoms with van der Waals surface area (Å²) in [4.78, 5) is 0. The summed E-state index contributed by atoms with van der Waals surface area (Å²) in [5.74, 6) is 4.45. The van der Waals surface area contributed by atoms with E-state index in [1.165, 1.54) is 42.1 Å². The summed E-state index contributed by atoms with van der Waals surface area (Å²) in [6.07, 6.45) is 4.26. The van der Waals surface area contributed by atoms with E-state index in [2.05, 4.69) is 30.3 Å². The zero-order chi connectivity index (χ0) is 8.93. The third-order valence-electron chi connectivity index (χ3n) is 2.64. The lowest BCUT2D eigenvalue weighted by molar-refractivity contribution is 0.949. The van der Waals surface area contributed by atoms with Crippen LogP contribution >= 0.6 is 0 Å². The van der Waals surface area contributed by atoms with Crippen molar-refractivity contribution in [1.82, 2.24) is 0 Å². The standard InChI is InChI=1S/C12H17S/c1-2-6-12(7-3-1)8-11-13-9-4-5-10-13/h1-3,6-7H,4-5,8-11H2/q+1. The van der Waals surface area contributed by atoms with E-state index < -0.39 is 0 Å². The highest BCUT2D eigenvalue weighted by Gasteiger charge is 2.22. The zero-order valence-electron chi connectivity index (χ0n) is 8.04. The van der Waals surface area contributed by atoms with Gasteiger partial charge >= 0.3 is 0 Å². The van der Waals surface area contributed by atoms with Gasteiger partial charge in [0.05, 0.1) is 0 Å². The van der Waals surface area contributed by atoms with Crippen molar-refractivity contribution in [3.8, 4) is 0 Å². The molecule has 0 nitrogen and oxygen atoms in total. The van der Waals surface area contributed by atoms with Gasteiger partial charge in [-0.05, 0) is 29.3 Å². The molecule has 1 heterocycles. The quantitative estimate of drug-likeness (QED) is 0.647. The Balaban J connectivity index is 1.79. The largest absolute Gasteiger partial charge is 0.112 e. The van der Waals surface area contributed by atoms with E-state index in [0.29, 0.717) is 0 Å². The van der Waals surface area contributed by atoms with Crippen LogP contribution in [0, 0.1) is 0 Å². The molecule has 0 amide bonds. The molecule has 1 heteroatoms. The van der Waals surface area contributed by atoms with Crippen molar-refractivity contribution < 1.29 is 0 Å². The summed E-state index contributed by atoms with van der Waals surface area (Å²) >= 11 is 0. The van der Waals surface area contributed by atoms with E-state index in [1.54, 1.807) is 0 Å². The normalized spacial score (nSPS) is 17.8. The van der Waals surface area contributed by atoms with Crippen molar-refractivity contribution in [2.45, 2.75) is 19.3 Å². The van der Waals surface area contributed by atoms with E-state index >= 15 is 0 Å². The summed E-state index contributed by atoms with van der Waals surface area (Å²) in [6.45, 7) is 0. The Morgan fingerprint density at radius 1 is 1.00 bits per heavy atom. The van der Waals surface area contributed by atoms with E-state index in [4.69, 9.17) is 0 Å². The first-order valence-corrected chi connectivity index (χ1v) is 6.86. The van der Waals surface area contributed by atoms with Crippen molar-refractivity contribution >= 4 is 10.9 Å². The molecule has 70 valence electrons. The van der Waals surface area contributed by atoms with Crippen LogP contribution in [0.15, 0.2) is 30.3 Å². The molecule has 0 saturated carbocycles. The lowest BCUT2D eigenvalue weighted by Crippen LogP contribution is -2.10. The predicted octanol–water partition coefficient (Wildman–Crippen LogP) is 2.64. The number of hydrogen-bond acceptors (Lipinski definition) is 0. The molecule has 0 aromatic heterocycles. The Kier molecular flexibility index (Phi) is 3.31. The predicted molar refractivity (Wildman–Crippen MR) is 61.3 cm³/mol. The molecule has 1 saturated heterocycles. The summed E-state index contributed by atoms with van der Waals surface area (Å²) < 4.78 is 0. The Morgan fingerprint density at radius 2 is 1.69 bits per heavy atom. The molecule has 1 aromatic carbocycles. The van der Waals surface area contributed by atoms with Gasteiger partial charge in [0, 0.05) is 6.42 Å². The first-order chi connectivity index (χ1) is 6.45. The van der Waals surface area contributed by atoms with Crippen molar-refractivity contribution in [3.63, 3.8) is 0 Å². The minimum absolute atomic E-state index is 0.772. The minimum atomic E-state index is 0.772. The van der Waals surface area contributed by atoms with Crippen LogP contribution in [0.1, 0.15) is 18.4 Å². The second-order valence-electron chi connectivity index (χ2n) is 3.67. The second-order valence-corrected chi connectivity index (χ2v) is 6.12. The highest BCUT2D eigenvalue weighted by molar-refractivity contribution is 7.97. The van der Waals surface area contributed by atoms with Gasteiger partial charge in [0.2, 0.25) is 0 Å². The van der Waals surface area contributed by atoms with Crippen LogP contribution in [0.4, 0.5) is 0 Å². The first-order valence-electron chi connectivity index (χ1n) is 5.13. The molecule has 1 aliphatic rings. The number of rotatable bonds is 3. The lowest BCUT2D eigenvalue weighted by atomic mass is 10.2. The average molecular weight is 193 g/mol. The van der Waals surface area contributed by atoms with Crippen molar-refractivity contribution in [3.05, 3.63) is 35.9 Å². The first kappa shape index (κ1) is 9.14. The highest BCUT2D eigenvalue weighted by atomic mass is 32.2. The Hall–Kier alpha value is -0.430. The Morgan fingerprint density at radius 3 is 2.38 bits per heavy atom. The van der Waals surface area contributed by atoms with Crippen molar-refractivity contribution in [1.29, 1.82) is 0 Å². The molecular weight excluding hydrogens is 176 g/mol. The molecule has 1 aliphatic heterocycles. The summed E-state index contributed by atoms with van der Waals surface area (Å²) in [5.41, 5.74) is 1.52. The molecule has 1 fully saturated rings. The van der Waals surface area contributed by atoms with Gasteiger partial charge in [-0.3, -0.25) is 0 Å². The van der Waals surface area contributed by atoms with E-state index in [9.17, 15) is 0 Å². The van der Waals surface area contributed by atoms with E-state index in [-0.39, 0.29) is 0 Å². The van der Waals surface area contributed by atoms with Gasteiger partial charge in [0.25, 0.3) is 0 Å². The average Bonchev–Trinajstić information content (AvgIpc) is 2.69. The fourth-order valence-corrected chi connectivity index (χ4v) is 4.19. The lowest BCUT2D eigenvalue weighted by Gasteiger charge is -2.00. The number of hydrogen-bond donors (Lipinski definition) is 0. The molecule has 2 rings (SSSR count). The van der Waals surface area contributed by atoms with Gasteiger partial charge in [0.1, 0.15) is 17.3 Å². The van der Waals surface area contributed by atoms with Crippen LogP contribution < -0.4 is 0 Å². The van der Waals surface area contributed by atoms with E-state index in [0.717, 1.165) is 10.9 Å². The molecule has 1 aromatic rings. The summed E-state index contributed by atoms with van der Waals surface area (Å²) in [6, 6.07) is 10.9. The molecule has 0 aliphatic carbocycles. The van der Waals surface area contributed by atoms with Crippen LogP contribution in [0.3, 0.4) is 0 Å². The molecule has 0 N–H and O–H groups in total. The maximum absolute atomic E-state index is 2.25.